The molecule has 0 unspecified atom stereocenters. The second-order valence-corrected chi connectivity index (χ2v) is 32.1. The van der Waals surface area contributed by atoms with E-state index in [1.54, 1.807) is 0 Å². The molecule has 1 rings (SSSR count). The third kappa shape index (κ3) is 66.1. The summed E-state index contributed by atoms with van der Waals surface area (Å²) in [4.78, 5) is 232. The van der Waals surface area contributed by atoms with Crippen LogP contribution in [0.1, 0.15) is 187 Å². The van der Waals surface area contributed by atoms with Crippen molar-refractivity contribution in [3.05, 3.63) is 0 Å². The summed E-state index contributed by atoms with van der Waals surface area (Å²) in [5, 5.41) is 96.2. The monoisotopic (exact) mass is 1870 g/mol. The third-order valence-corrected chi connectivity index (χ3v) is 21.2. The van der Waals surface area contributed by atoms with Crippen molar-refractivity contribution in [1.29, 1.82) is 0 Å². The van der Waals surface area contributed by atoms with Gasteiger partial charge in [-0.15, -0.1) is 0 Å². The fourth-order valence-electron chi connectivity index (χ4n) is 11.6. The Bertz CT molecular complexity index is 3370. The molecule has 128 heavy (non-hydrogen) atoms. The van der Waals surface area contributed by atoms with E-state index >= 15 is 0 Å². The normalized spacial score (nSPS) is 14.6. The lowest BCUT2D eigenvalue weighted by Crippen LogP contribution is -2.50. The zero-order valence-electron chi connectivity index (χ0n) is 72.9. The number of aliphatic carboxylic acids is 7. The summed E-state index contributed by atoms with van der Waals surface area (Å²) in [7, 11) is 2.66. The van der Waals surface area contributed by atoms with E-state index in [0.29, 0.717) is 44.6 Å². The molecule has 0 aliphatic carbocycles. The van der Waals surface area contributed by atoms with Crippen LogP contribution in [0.5, 0.6) is 0 Å². The Hall–Kier alpha value is -9.37. The van der Waals surface area contributed by atoms with E-state index in [9.17, 15) is 122 Å². The molecule has 1 aliphatic heterocycles. The average molecular weight is 1870 g/mol. The largest absolute Gasteiger partial charge is 0.481 e. The molecular weight excluding hydrogens is 1740 g/mol. The number of carboxylic acids is 7. The van der Waals surface area contributed by atoms with Crippen LogP contribution in [0.3, 0.4) is 0 Å². The second-order valence-electron chi connectivity index (χ2n) is 29.6. The Kier molecular flexibility index (Phi) is 68.7. The van der Waals surface area contributed by atoms with E-state index in [1.807, 2.05) is 0 Å². The molecule has 1 saturated heterocycles. The van der Waals surface area contributed by atoms with Gasteiger partial charge in [-0.25, -0.2) is 24.0 Å². The predicted molar refractivity (Wildman–Crippen MR) is 457 cm³/mol. The van der Waals surface area contributed by atoms with Gasteiger partial charge < -0.3 is 127 Å². The smallest absolute Gasteiger partial charge is 0.326 e. The van der Waals surface area contributed by atoms with Gasteiger partial charge in [-0.05, 0) is 64.7 Å². The highest BCUT2D eigenvalue weighted by molar-refractivity contribution is 8.76. The first-order valence-electron chi connectivity index (χ1n) is 43.1. The molecule has 48 heteroatoms. The Morgan fingerprint density at radius 3 is 0.992 bits per heavy atom. The van der Waals surface area contributed by atoms with Crippen LogP contribution in [0.2, 0.25) is 0 Å². The molecule has 0 saturated carbocycles. The summed E-state index contributed by atoms with van der Waals surface area (Å²) in [5.41, 5.74) is 0. The number of unbranched alkanes of at least 4 members (excludes halogenated alkanes) is 14. The Labute approximate surface area is 750 Å². The van der Waals surface area contributed by atoms with Crippen molar-refractivity contribution in [2.75, 3.05) is 156 Å². The Morgan fingerprint density at radius 1 is 0.328 bits per heavy atom. The second kappa shape index (κ2) is 75.4. The molecule has 0 aromatic rings. The Balaban J connectivity index is 2.13. The van der Waals surface area contributed by atoms with E-state index in [1.165, 1.54) is 28.5 Å². The van der Waals surface area contributed by atoms with Crippen LogP contribution < -0.4 is 63.8 Å². The summed E-state index contributed by atoms with van der Waals surface area (Å²) in [6, 6.07) is -10.6. The highest BCUT2D eigenvalue weighted by Gasteiger charge is 2.31. The van der Waals surface area contributed by atoms with Gasteiger partial charge in [-0.2, -0.15) is 0 Å². The van der Waals surface area contributed by atoms with E-state index in [0.717, 1.165) is 77.0 Å². The first-order valence-corrected chi connectivity index (χ1v) is 45.6. The van der Waals surface area contributed by atoms with Crippen LogP contribution in [0.15, 0.2) is 0 Å². The van der Waals surface area contributed by atoms with Crippen molar-refractivity contribution in [3.8, 4) is 0 Å². The number of ether oxygens (including phenoxy) is 8. The fourth-order valence-corrected chi connectivity index (χ4v) is 14.0. The summed E-state index contributed by atoms with van der Waals surface area (Å²) >= 11 is 0. The van der Waals surface area contributed by atoms with Gasteiger partial charge in [0.05, 0.1) is 97.8 Å². The first-order chi connectivity index (χ1) is 61.3. The summed E-state index contributed by atoms with van der Waals surface area (Å²) in [6.07, 6.45) is 9.91. The number of carboxylic acid groups (broad SMARTS) is 7. The van der Waals surface area contributed by atoms with Crippen molar-refractivity contribution < 1.29 is 165 Å². The van der Waals surface area contributed by atoms with Crippen LogP contribution in [-0.2, 0) is 129 Å². The van der Waals surface area contributed by atoms with Crippen molar-refractivity contribution in [2.45, 2.75) is 235 Å². The summed E-state index contributed by atoms with van der Waals surface area (Å²) in [6.45, 7) is 2.66. The molecule has 1 fully saturated rings. The molecule has 19 N–H and O–H groups in total. The third-order valence-electron chi connectivity index (χ3n) is 18.8. The molecule has 8 atom stereocenters. The lowest BCUT2D eigenvalue weighted by atomic mass is 10.0. The minimum absolute atomic E-state index is 0.000855. The maximum atomic E-state index is 12.8. The van der Waals surface area contributed by atoms with E-state index in [4.69, 9.17) is 43.0 Å². The van der Waals surface area contributed by atoms with Gasteiger partial charge in [0.15, 0.2) is 11.6 Å². The molecule has 0 bridgehead atoms. The first kappa shape index (κ1) is 117. The SMILES string of the molecule is C[C@H](NC(=O)COCCOCCCCNC(=O)COCCOCCNC(=O)COCCOCCNC(=O)COCCOCCNC(=O)CC[C@H](NC(=O)CC[C@H](NC(=O)CC[C@H](NC(=O)CC[C@H](NC(=O)CC[C@H](NC(=O)CCCCCCCCCCCCCCCCC(=O)O)C(=O)O)C(=O)O)C(=O)O)C(=O)O)C(=O)O)C(=O)CN[C@H]1CSSC[C@@H](C(=O)O)NCC1=O. The van der Waals surface area contributed by atoms with Gasteiger partial charge in [0.25, 0.3) is 0 Å². The van der Waals surface area contributed by atoms with Gasteiger partial charge in [-0.1, -0.05) is 98.6 Å². The number of amides is 10. The van der Waals surface area contributed by atoms with E-state index < -0.39 is 189 Å². The number of carbonyl (C=O) groups is 19. The van der Waals surface area contributed by atoms with Crippen molar-refractivity contribution in [1.82, 2.24) is 63.8 Å². The molecule has 0 aromatic heterocycles. The Morgan fingerprint density at radius 2 is 0.633 bits per heavy atom. The van der Waals surface area contributed by atoms with Gasteiger partial charge >= 0.3 is 41.8 Å². The summed E-state index contributed by atoms with van der Waals surface area (Å²) in [5.74, 6) is -16.2. The predicted octanol–water partition coefficient (Wildman–Crippen LogP) is -1.52. The molecule has 1 heterocycles. The lowest BCUT2D eigenvalue weighted by molar-refractivity contribution is -0.144. The maximum Gasteiger partial charge on any atom is 0.326 e. The average Bonchev–Trinajstić information content (AvgIpc) is 1.42. The van der Waals surface area contributed by atoms with E-state index in [-0.39, 0.29) is 187 Å². The number of nitrogens with one attached hydrogen (secondary N) is 12. The highest BCUT2D eigenvalue weighted by atomic mass is 33.1. The molecule has 0 radical (unpaired) electrons. The van der Waals surface area contributed by atoms with Gasteiger partial charge in [-0.3, -0.25) is 77.8 Å². The van der Waals surface area contributed by atoms with E-state index in [2.05, 4.69) is 63.8 Å². The van der Waals surface area contributed by atoms with Crippen LogP contribution in [0.25, 0.3) is 0 Å². The zero-order chi connectivity index (χ0) is 94.9. The molecule has 0 aromatic carbocycles. The van der Waals surface area contributed by atoms with Gasteiger partial charge in [0, 0.05) is 89.2 Å². The number of carbonyl (C=O) groups excluding carboxylic acids is 12. The summed E-state index contributed by atoms with van der Waals surface area (Å²) < 4.78 is 42.9. The quantitative estimate of drug-likeness (QED) is 0.0243. The number of hydrogen-bond donors (Lipinski definition) is 19. The van der Waals surface area contributed by atoms with Crippen molar-refractivity contribution in [3.63, 3.8) is 0 Å². The lowest BCUT2D eigenvalue weighted by Gasteiger charge is -2.19. The van der Waals surface area contributed by atoms with Crippen LogP contribution in [0.4, 0.5) is 0 Å². The molecular formula is C80H134N12O34S2. The molecule has 10 amide bonds. The van der Waals surface area contributed by atoms with Gasteiger partial charge in [0.1, 0.15) is 62.7 Å². The van der Waals surface area contributed by atoms with Crippen LogP contribution in [-0.4, -0.2) is 353 Å². The van der Waals surface area contributed by atoms with Crippen LogP contribution >= 0.6 is 21.6 Å². The van der Waals surface area contributed by atoms with Crippen molar-refractivity contribution in [2.24, 2.45) is 0 Å². The minimum Gasteiger partial charge on any atom is -0.481 e. The molecule has 730 valence electrons. The number of ketones is 2. The zero-order valence-corrected chi connectivity index (χ0v) is 74.5. The van der Waals surface area contributed by atoms with Gasteiger partial charge in [0.2, 0.25) is 59.1 Å². The molecule has 0 spiro atoms. The standard InChI is InChI=1S/C80H134N12O34S2/c1-54(62(93)46-85-60-52-127-128-53-61(80(117)118)86-47-63(60)94)87-73(104)51-126-42-38-119-34-17-16-30-81-70(101)48-123-43-40-121-36-32-83-72(103)50-125-45-41-122-37-33-84-71(102)49-124-44-39-120-35-31-82-64(95)25-20-55(75(107)108)89-66(97)27-22-57(77(111)112)91-68(99)29-24-59(79(115)116)92-69(100)28-23-58(78(113)114)90-67(98)26-21-56(76(109)110)88-65(96)18-14-12-10-8-6-4-2-3-5-7-9-11-13-15-19-74(105)106/h54-61,85-86H,2-53H2,1H3,(H,81,101)(H,82,95)(H,83,103)(H,84,102)(H,87,104)(H,88,96)(H,89,97)(H,90,98)(H,91,99)(H,92,100)(H,105,106)(H,107,108)(H,109,110)(H,111,112)(H,113,114)(H,115,116)(H,117,118)/t54-,55-,56-,57-,58-,59-,60-,61-/m0/s1. The number of rotatable bonds is 82. The topological polar surface area (TPSA) is 684 Å². The molecule has 1 aliphatic rings. The maximum absolute atomic E-state index is 12.8. The minimum atomic E-state index is -1.75. The van der Waals surface area contributed by atoms with Crippen LogP contribution in [0, 0.1) is 0 Å². The number of Topliss-reactive ketones (excluding diaryl/α,β-unsaturated/α-hetero) is 2. The highest BCUT2D eigenvalue weighted by Crippen LogP contribution is 2.24. The molecule has 46 nitrogen and oxygen atoms in total. The fraction of sp³-hybridized carbons (Fsp3) is 0.762. The van der Waals surface area contributed by atoms with Crippen molar-refractivity contribution >= 4 is 134 Å². The number of hydrogen-bond acceptors (Lipinski definition) is 31.